The normalized spacial score (nSPS) is 9.75. The molecule has 4 nitrogen and oxygen atoms in total. The molecule has 0 rings (SSSR count). The van der Waals surface area contributed by atoms with Crippen LogP contribution in [0.1, 0.15) is 32.1 Å². The fourth-order valence-electron chi connectivity index (χ4n) is 0.949. The molecule has 0 aliphatic rings. The lowest BCUT2D eigenvalue weighted by molar-refractivity contribution is 0.154. The highest BCUT2D eigenvalue weighted by molar-refractivity contribution is 5.64. The van der Waals surface area contributed by atoms with Gasteiger partial charge in [0.15, 0.2) is 0 Å². The van der Waals surface area contributed by atoms with Crippen LogP contribution in [0.3, 0.4) is 0 Å². The first-order chi connectivity index (χ1) is 5.77. The lowest BCUT2D eigenvalue weighted by Crippen LogP contribution is -2.13. The monoisotopic (exact) mass is 174 g/mol. The van der Waals surface area contributed by atoms with Gasteiger partial charge in [-0.25, -0.2) is 4.79 Å². The number of hydrogen-bond donors (Lipinski definition) is 2. The van der Waals surface area contributed by atoms with Gasteiger partial charge in [0.1, 0.15) is 0 Å². The van der Waals surface area contributed by atoms with Crippen LogP contribution in [0.25, 0.3) is 0 Å². The average molecular weight is 174 g/mol. The van der Waals surface area contributed by atoms with Crippen molar-refractivity contribution in [2.75, 3.05) is 13.2 Å². The molecule has 0 saturated heterocycles. The summed E-state index contributed by atoms with van der Waals surface area (Å²) < 4.78 is 4.56. The highest BCUT2D eigenvalue weighted by Crippen LogP contribution is 2.01. The minimum Gasteiger partial charge on any atom is -0.450 e. The number of unbranched alkanes of at least 4 members (excludes halogenated alkanes) is 4. The van der Waals surface area contributed by atoms with E-state index in [-0.39, 0.29) is 0 Å². The minimum atomic E-state index is -0.683. The Hall–Kier alpha value is -0.770. The van der Waals surface area contributed by atoms with Crippen molar-refractivity contribution < 1.29 is 9.53 Å². The van der Waals surface area contributed by atoms with E-state index in [2.05, 4.69) is 4.74 Å². The Morgan fingerprint density at radius 2 is 1.67 bits per heavy atom. The second-order valence-corrected chi connectivity index (χ2v) is 2.72. The Labute approximate surface area is 73.2 Å². The van der Waals surface area contributed by atoms with Crippen molar-refractivity contribution in [3.63, 3.8) is 0 Å². The first-order valence-corrected chi connectivity index (χ1v) is 4.39. The summed E-state index contributed by atoms with van der Waals surface area (Å²) in [5.74, 6) is 0. The number of nitrogens with two attached hydrogens (primary N) is 2. The second kappa shape index (κ2) is 8.33. The molecule has 72 valence electrons. The number of carbonyl (C=O) groups excluding carboxylic acids is 1. The Balaban J connectivity index is 2.86. The van der Waals surface area contributed by atoms with Crippen LogP contribution in [0.2, 0.25) is 0 Å². The van der Waals surface area contributed by atoms with E-state index in [4.69, 9.17) is 11.5 Å². The maximum absolute atomic E-state index is 10.1. The summed E-state index contributed by atoms with van der Waals surface area (Å²) in [6.07, 6.45) is 4.68. The minimum absolute atomic E-state index is 0.442. The van der Waals surface area contributed by atoms with Crippen LogP contribution in [-0.4, -0.2) is 19.2 Å². The van der Waals surface area contributed by atoms with E-state index in [1.165, 1.54) is 0 Å². The maximum Gasteiger partial charge on any atom is 0.404 e. The van der Waals surface area contributed by atoms with E-state index in [9.17, 15) is 4.79 Å². The molecule has 12 heavy (non-hydrogen) atoms. The molecule has 0 bridgehead atoms. The zero-order valence-electron chi connectivity index (χ0n) is 7.42. The van der Waals surface area contributed by atoms with Crippen molar-refractivity contribution in [3.8, 4) is 0 Å². The van der Waals surface area contributed by atoms with Gasteiger partial charge in [-0.15, -0.1) is 0 Å². The first kappa shape index (κ1) is 11.2. The second-order valence-electron chi connectivity index (χ2n) is 2.72. The lowest BCUT2D eigenvalue weighted by Gasteiger charge is -2.00. The van der Waals surface area contributed by atoms with Gasteiger partial charge in [-0.3, -0.25) is 0 Å². The zero-order valence-corrected chi connectivity index (χ0v) is 7.42. The van der Waals surface area contributed by atoms with Crippen LogP contribution >= 0.6 is 0 Å². The summed E-state index contributed by atoms with van der Waals surface area (Å²) >= 11 is 0. The number of hydrogen-bond acceptors (Lipinski definition) is 3. The fourth-order valence-corrected chi connectivity index (χ4v) is 0.949. The summed E-state index contributed by atoms with van der Waals surface area (Å²) in [5.41, 5.74) is 10.1. The lowest BCUT2D eigenvalue weighted by atomic mass is 10.1. The zero-order chi connectivity index (χ0) is 9.23. The van der Waals surface area contributed by atoms with Gasteiger partial charge in [-0.2, -0.15) is 0 Å². The summed E-state index contributed by atoms with van der Waals surface area (Å²) in [5, 5.41) is 0. The molecule has 0 aromatic carbocycles. The third-order valence-corrected chi connectivity index (χ3v) is 1.59. The Morgan fingerprint density at radius 3 is 2.25 bits per heavy atom. The number of ether oxygens (including phenoxy) is 1. The molecule has 0 heterocycles. The first-order valence-electron chi connectivity index (χ1n) is 4.39. The van der Waals surface area contributed by atoms with Crippen molar-refractivity contribution in [1.29, 1.82) is 0 Å². The van der Waals surface area contributed by atoms with Crippen LogP contribution in [0.5, 0.6) is 0 Å². The SMILES string of the molecule is NCCCCCCCOC(N)=O. The van der Waals surface area contributed by atoms with Crippen molar-refractivity contribution in [2.24, 2.45) is 11.5 Å². The van der Waals surface area contributed by atoms with Gasteiger partial charge in [-0.05, 0) is 19.4 Å². The predicted octanol–water partition coefficient (Wildman–Crippen LogP) is 0.991. The average Bonchev–Trinajstić information content (AvgIpc) is 2.02. The molecule has 1 amide bonds. The molecule has 0 aliphatic heterocycles. The highest BCUT2D eigenvalue weighted by Gasteiger charge is 1.93. The third kappa shape index (κ3) is 9.23. The molecule has 0 aromatic heterocycles. The number of primary amides is 1. The van der Waals surface area contributed by atoms with Crippen molar-refractivity contribution in [3.05, 3.63) is 0 Å². The summed E-state index contributed by atoms with van der Waals surface area (Å²) in [4.78, 5) is 10.1. The topological polar surface area (TPSA) is 78.3 Å². The largest absolute Gasteiger partial charge is 0.450 e. The van der Waals surface area contributed by atoms with Crippen LogP contribution in [0, 0.1) is 0 Å². The molecule has 0 aromatic rings. The van der Waals surface area contributed by atoms with Gasteiger partial charge >= 0.3 is 6.09 Å². The Morgan fingerprint density at radius 1 is 1.08 bits per heavy atom. The van der Waals surface area contributed by atoms with Crippen molar-refractivity contribution >= 4 is 6.09 Å². The number of carbonyl (C=O) groups is 1. The molecule has 4 heteroatoms. The molecule has 0 aliphatic carbocycles. The van der Waals surface area contributed by atoms with Crippen LogP contribution in [0.15, 0.2) is 0 Å². The molecule has 0 radical (unpaired) electrons. The van der Waals surface area contributed by atoms with Gasteiger partial charge in [-0.1, -0.05) is 19.3 Å². The van der Waals surface area contributed by atoms with E-state index < -0.39 is 6.09 Å². The molecule has 0 spiro atoms. The van der Waals surface area contributed by atoms with Crippen molar-refractivity contribution in [1.82, 2.24) is 0 Å². The van der Waals surface area contributed by atoms with Gasteiger partial charge in [0.25, 0.3) is 0 Å². The predicted molar refractivity (Wildman–Crippen MR) is 47.7 cm³/mol. The van der Waals surface area contributed by atoms with Gasteiger partial charge in [0, 0.05) is 0 Å². The van der Waals surface area contributed by atoms with E-state index in [0.29, 0.717) is 6.61 Å². The van der Waals surface area contributed by atoms with Crippen LogP contribution < -0.4 is 11.5 Å². The molecule has 0 atom stereocenters. The highest BCUT2D eigenvalue weighted by atomic mass is 16.5. The van der Waals surface area contributed by atoms with E-state index in [0.717, 1.165) is 38.6 Å². The van der Waals surface area contributed by atoms with Crippen molar-refractivity contribution in [2.45, 2.75) is 32.1 Å². The standard InChI is InChI=1S/C8H18N2O2/c9-6-4-2-1-3-5-7-12-8(10)11/h1-7,9H2,(H2,10,11). The molecular weight excluding hydrogens is 156 g/mol. The van der Waals surface area contributed by atoms with Crippen LogP contribution in [-0.2, 0) is 4.74 Å². The van der Waals surface area contributed by atoms with Gasteiger partial charge in [0.05, 0.1) is 6.61 Å². The van der Waals surface area contributed by atoms with Gasteiger partial charge < -0.3 is 16.2 Å². The summed E-state index contributed by atoms with van der Waals surface area (Å²) in [6, 6.07) is 0. The van der Waals surface area contributed by atoms with Crippen LogP contribution in [0.4, 0.5) is 4.79 Å². The smallest absolute Gasteiger partial charge is 0.404 e. The molecular formula is C8H18N2O2. The molecule has 0 fully saturated rings. The number of amides is 1. The van der Waals surface area contributed by atoms with E-state index in [1.54, 1.807) is 0 Å². The summed E-state index contributed by atoms with van der Waals surface area (Å²) in [7, 11) is 0. The summed E-state index contributed by atoms with van der Waals surface area (Å²) in [6.45, 7) is 1.20. The molecule has 0 saturated carbocycles. The third-order valence-electron chi connectivity index (χ3n) is 1.59. The van der Waals surface area contributed by atoms with E-state index in [1.807, 2.05) is 0 Å². The Kier molecular flexibility index (Phi) is 7.79. The quantitative estimate of drug-likeness (QED) is 0.565. The maximum atomic E-state index is 10.1. The molecule has 4 N–H and O–H groups in total. The van der Waals surface area contributed by atoms with E-state index >= 15 is 0 Å². The Bertz CT molecular complexity index is 118. The fraction of sp³-hybridized carbons (Fsp3) is 0.875. The molecule has 0 unspecified atom stereocenters. The van der Waals surface area contributed by atoms with Gasteiger partial charge in [0.2, 0.25) is 0 Å². The number of rotatable bonds is 7.